The second-order valence-corrected chi connectivity index (χ2v) is 3.51. The predicted molar refractivity (Wildman–Crippen MR) is 45.3 cm³/mol. The van der Waals surface area contributed by atoms with Crippen LogP contribution < -0.4 is 4.74 Å². The normalized spacial score (nSPS) is 12.5. The molecule has 0 aromatic heterocycles. The Balaban J connectivity index is 3.01. The van der Waals surface area contributed by atoms with Gasteiger partial charge in [0, 0.05) is 22.0 Å². The molecule has 0 radical (unpaired) electrons. The monoisotopic (exact) mass is 170 g/mol. The van der Waals surface area contributed by atoms with Crippen LogP contribution >= 0.6 is 0 Å². The van der Waals surface area contributed by atoms with Crippen LogP contribution in [-0.4, -0.2) is 17.6 Å². The lowest BCUT2D eigenvalue weighted by atomic mass is 10.3. The van der Waals surface area contributed by atoms with Crippen LogP contribution in [0.3, 0.4) is 0 Å². The second-order valence-electron chi connectivity index (χ2n) is 2.13. The Bertz CT molecular complexity index is 271. The van der Waals surface area contributed by atoms with E-state index in [1.807, 2.05) is 18.2 Å². The van der Waals surface area contributed by atoms with Gasteiger partial charge in [-0.2, -0.15) is 0 Å². The molecule has 3 heteroatoms. The average molecular weight is 170 g/mol. The van der Waals surface area contributed by atoms with Gasteiger partial charge in [0.05, 0.1) is 7.11 Å². The Morgan fingerprint density at radius 3 is 2.73 bits per heavy atom. The van der Waals surface area contributed by atoms with Crippen LogP contribution in [0.4, 0.5) is 0 Å². The van der Waals surface area contributed by atoms with Gasteiger partial charge in [-0.25, -0.2) is 0 Å². The summed E-state index contributed by atoms with van der Waals surface area (Å²) >= 11 is 0. The quantitative estimate of drug-likeness (QED) is 0.671. The highest BCUT2D eigenvalue weighted by Crippen LogP contribution is 2.14. The highest BCUT2D eigenvalue weighted by atomic mass is 32.2. The molecule has 1 atom stereocenters. The first-order chi connectivity index (χ1) is 5.24. The van der Waals surface area contributed by atoms with E-state index in [0.717, 1.165) is 10.6 Å². The van der Waals surface area contributed by atoms with Gasteiger partial charge in [-0.05, 0) is 18.2 Å². The lowest BCUT2D eigenvalue weighted by molar-refractivity contribution is 0.413. The first kappa shape index (κ1) is 8.27. The van der Waals surface area contributed by atoms with Crippen molar-refractivity contribution in [3.63, 3.8) is 0 Å². The molecular weight excluding hydrogens is 160 g/mol. The zero-order chi connectivity index (χ0) is 8.27. The highest BCUT2D eigenvalue weighted by molar-refractivity contribution is 7.84. The molecule has 0 fully saturated rings. The molecule has 0 saturated carbocycles. The van der Waals surface area contributed by atoms with Gasteiger partial charge >= 0.3 is 0 Å². The minimum Gasteiger partial charge on any atom is -0.497 e. The van der Waals surface area contributed by atoms with Crippen molar-refractivity contribution >= 4 is 10.8 Å². The van der Waals surface area contributed by atoms with E-state index in [4.69, 9.17) is 4.74 Å². The Hall–Kier alpha value is -0.830. The Morgan fingerprint density at radius 1 is 1.45 bits per heavy atom. The van der Waals surface area contributed by atoms with Crippen LogP contribution in [0.15, 0.2) is 29.2 Å². The van der Waals surface area contributed by atoms with Crippen LogP contribution in [-0.2, 0) is 10.8 Å². The number of benzene rings is 1. The summed E-state index contributed by atoms with van der Waals surface area (Å²) in [5.74, 6) is 0.748. The summed E-state index contributed by atoms with van der Waals surface area (Å²) in [5.41, 5.74) is 0. The topological polar surface area (TPSA) is 26.3 Å². The number of rotatable bonds is 2. The van der Waals surface area contributed by atoms with Crippen LogP contribution in [0.5, 0.6) is 5.75 Å². The SMILES string of the molecule is COc1cccc([S@@](C)=O)c1. The van der Waals surface area contributed by atoms with Crippen molar-refractivity contribution in [3.05, 3.63) is 24.3 Å². The number of hydrogen-bond donors (Lipinski definition) is 0. The molecule has 1 aromatic rings. The summed E-state index contributed by atoms with van der Waals surface area (Å²) < 4.78 is 15.9. The summed E-state index contributed by atoms with van der Waals surface area (Å²) in [6.45, 7) is 0. The van der Waals surface area contributed by atoms with E-state index in [1.54, 1.807) is 19.4 Å². The lowest BCUT2D eigenvalue weighted by Crippen LogP contribution is -1.88. The fourth-order valence-electron chi connectivity index (χ4n) is 0.780. The third-order valence-corrected chi connectivity index (χ3v) is 2.29. The average Bonchev–Trinajstić information content (AvgIpc) is 2.05. The molecule has 0 aliphatic carbocycles. The molecule has 0 unspecified atom stereocenters. The van der Waals surface area contributed by atoms with Gasteiger partial charge in [-0.1, -0.05) is 6.07 Å². The molecule has 0 bridgehead atoms. The molecule has 0 spiro atoms. The highest BCUT2D eigenvalue weighted by Gasteiger charge is 1.97. The Morgan fingerprint density at radius 2 is 2.18 bits per heavy atom. The van der Waals surface area contributed by atoms with Crippen molar-refractivity contribution < 1.29 is 8.95 Å². The molecule has 1 aromatic carbocycles. The van der Waals surface area contributed by atoms with E-state index in [2.05, 4.69) is 0 Å². The summed E-state index contributed by atoms with van der Waals surface area (Å²) in [7, 11) is 0.674. The minimum atomic E-state index is -0.921. The molecular formula is C8H10O2S. The van der Waals surface area contributed by atoms with Crippen molar-refractivity contribution in [1.82, 2.24) is 0 Å². The summed E-state index contributed by atoms with van der Waals surface area (Å²) in [4.78, 5) is 0.796. The zero-order valence-electron chi connectivity index (χ0n) is 6.53. The fourth-order valence-corrected chi connectivity index (χ4v) is 1.33. The van der Waals surface area contributed by atoms with Gasteiger partial charge in [0.2, 0.25) is 0 Å². The number of hydrogen-bond acceptors (Lipinski definition) is 2. The summed E-state index contributed by atoms with van der Waals surface area (Å²) in [6, 6.07) is 7.25. The predicted octanol–water partition coefficient (Wildman–Crippen LogP) is 1.43. The van der Waals surface area contributed by atoms with E-state index in [9.17, 15) is 4.21 Å². The Kier molecular flexibility index (Phi) is 2.65. The summed E-state index contributed by atoms with van der Waals surface area (Å²) in [6.07, 6.45) is 1.65. The lowest BCUT2D eigenvalue weighted by Gasteiger charge is -2.00. The van der Waals surface area contributed by atoms with Gasteiger partial charge in [0.1, 0.15) is 5.75 Å². The van der Waals surface area contributed by atoms with E-state index in [0.29, 0.717) is 0 Å². The van der Waals surface area contributed by atoms with E-state index in [-0.39, 0.29) is 0 Å². The van der Waals surface area contributed by atoms with Gasteiger partial charge in [0.15, 0.2) is 0 Å². The molecule has 1 rings (SSSR count). The van der Waals surface area contributed by atoms with Gasteiger partial charge in [-0.3, -0.25) is 4.21 Å². The van der Waals surface area contributed by atoms with Crippen molar-refractivity contribution in [2.75, 3.05) is 13.4 Å². The van der Waals surface area contributed by atoms with E-state index >= 15 is 0 Å². The minimum absolute atomic E-state index is 0.748. The van der Waals surface area contributed by atoms with Crippen LogP contribution in [0.2, 0.25) is 0 Å². The van der Waals surface area contributed by atoms with Gasteiger partial charge in [-0.15, -0.1) is 0 Å². The standard InChI is InChI=1S/C8H10O2S/c1-10-7-4-3-5-8(6-7)11(2)9/h3-6H,1-2H3/t11-/m1/s1. The van der Waals surface area contributed by atoms with Gasteiger partial charge in [0.25, 0.3) is 0 Å². The number of ether oxygens (including phenoxy) is 1. The third kappa shape index (κ3) is 2.05. The van der Waals surface area contributed by atoms with E-state index in [1.165, 1.54) is 0 Å². The maximum absolute atomic E-state index is 11.0. The molecule has 0 saturated heterocycles. The summed E-state index contributed by atoms with van der Waals surface area (Å²) in [5, 5.41) is 0. The molecule has 0 aliphatic rings. The second kappa shape index (κ2) is 3.53. The van der Waals surface area contributed by atoms with E-state index < -0.39 is 10.8 Å². The zero-order valence-corrected chi connectivity index (χ0v) is 7.35. The molecule has 2 nitrogen and oxygen atoms in total. The first-order valence-electron chi connectivity index (χ1n) is 3.21. The maximum Gasteiger partial charge on any atom is 0.120 e. The van der Waals surface area contributed by atoms with Crippen molar-refractivity contribution in [2.45, 2.75) is 4.90 Å². The smallest absolute Gasteiger partial charge is 0.120 e. The van der Waals surface area contributed by atoms with Crippen LogP contribution in [0.25, 0.3) is 0 Å². The van der Waals surface area contributed by atoms with Crippen LogP contribution in [0, 0.1) is 0 Å². The number of methoxy groups -OCH3 is 1. The fraction of sp³-hybridized carbons (Fsp3) is 0.250. The molecule has 0 amide bonds. The largest absolute Gasteiger partial charge is 0.497 e. The molecule has 0 N–H and O–H groups in total. The van der Waals surface area contributed by atoms with Crippen molar-refractivity contribution in [2.24, 2.45) is 0 Å². The first-order valence-corrected chi connectivity index (χ1v) is 4.77. The molecule has 60 valence electrons. The molecule has 0 aliphatic heterocycles. The van der Waals surface area contributed by atoms with Crippen LogP contribution in [0.1, 0.15) is 0 Å². The third-order valence-electron chi connectivity index (χ3n) is 1.37. The molecule has 0 heterocycles. The Labute approximate surface area is 68.6 Å². The maximum atomic E-state index is 11.0. The van der Waals surface area contributed by atoms with Gasteiger partial charge < -0.3 is 4.74 Å². The van der Waals surface area contributed by atoms with Crippen molar-refractivity contribution in [1.29, 1.82) is 0 Å². The molecule has 11 heavy (non-hydrogen) atoms. The van der Waals surface area contributed by atoms with Crippen molar-refractivity contribution in [3.8, 4) is 5.75 Å².